The number of nitriles is 1. The maximum Gasteiger partial charge on any atom is 0.323 e. The third kappa shape index (κ3) is 5.45. The Labute approximate surface area is 209 Å². The summed E-state index contributed by atoms with van der Waals surface area (Å²) in [4.78, 5) is 27.0. The number of piperazine rings is 1. The zero-order chi connectivity index (χ0) is 24.7. The molecule has 0 spiro atoms. The summed E-state index contributed by atoms with van der Waals surface area (Å²) in [6.07, 6.45) is 6.25. The second kappa shape index (κ2) is 10.9. The van der Waals surface area contributed by atoms with Crippen molar-refractivity contribution in [3.63, 3.8) is 0 Å². The zero-order valence-electron chi connectivity index (χ0n) is 19.9. The molecule has 2 aromatic carbocycles. The normalized spacial score (nSPS) is 13.9. The Hall–Kier alpha value is -4.42. The highest BCUT2D eigenvalue weighted by atomic mass is 16.5. The SMILES string of the molecule is N#Cc1ccc2[nH]cc(CCCN3CCN(c4ccc(Oc5nccc(NC=O)n5)cc4)CC3)c2c1. The third-order valence-corrected chi connectivity index (χ3v) is 6.44. The van der Waals surface area contributed by atoms with E-state index < -0.39 is 0 Å². The highest BCUT2D eigenvalue weighted by molar-refractivity contribution is 5.84. The molecule has 1 amide bonds. The molecule has 182 valence electrons. The number of aryl methyl sites for hydroxylation is 1. The van der Waals surface area contributed by atoms with E-state index in [1.807, 2.05) is 42.5 Å². The monoisotopic (exact) mass is 481 g/mol. The molecule has 0 unspecified atom stereocenters. The van der Waals surface area contributed by atoms with Gasteiger partial charge in [-0.2, -0.15) is 10.2 Å². The molecule has 1 aliphatic heterocycles. The molecule has 9 heteroatoms. The van der Waals surface area contributed by atoms with Crippen LogP contribution in [0.4, 0.5) is 11.5 Å². The molecule has 1 fully saturated rings. The summed E-state index contributed by atoms with van der Waals surface area (Å²) in [5.41, 5.74) is 4.23. The first-order valence-electron chi connectivity index (χ1n) is 12.0. The lowest BCUT2D eigenvalue weighted by Crippen LogP contribution is -2.46. The Morgan fingerprint density at radius 2 is 1.94 bits per heavy atom. The minimum atomic E-state index is 0.182. The fourth-order valence-electron chi connectivity index (χ4n) is 4.54. The molecule has 3 heterocycles. The predicted octanol–water partition coefficient (Wildman–Crippen LogP) is 3.94. The van der Waals surface area contributed by atoms with Gasteiger partial charge in [-0.3, -0.25) is 9.69 Å². The molecule has 0 atom stereocenters. The molecule has 0 radical (unpaired) electrons. The molecule has 0 aliphatic carbocycles. The van der Waals surface area contributed by atoms with Gasteiger partial charge in [0.1, 0.15) is 11.6 Å². The minimum absolute atomic E-state index is 0.182. The van der Waals surface area contributed by atoms with Crippen LogP contribution in [0.15, 0.2) is 60.9 Å². The molecule has 0 bridgehead atoms. The molecule has 9 nitrogen and oxygen atoms in total. The number of benzene rings is 2. The summed E-state index contributed by atoms with van der Waals surface area (Å²) in [7, 11) is 0. The lowest BCUT2D eigenvalue weighted by atomic mass is 10.1. The van der Waals surface area contributed by atoms with Crippen molar-refractivity contribution in [1.29, 1.82) is 5.26 Å². The predicted molar refractivity (Wildman–Crippen MR) is 138 cm³/mol. The molecule has 36 heavy (non-hydrogen) atoms. The number of ether oxygens (including phenoxy) is 1. The molecular formula is C27H27N7O2. The van der Waals surface area contributed by atoms with Crippen LogP contribution in [0.1, 0.15) is 17.5 Å². The van der Waals surface area contributed by atoms with Crippen molar-refractivity contribution >= 4 is 28.8 Å². The highest BCUT2D eigenvalue weighted by Gasteiger charge is 2.17. The van der Waals surface area contributed by atoms with E-state index in [-0.39, 0.29) is 6.01 Å². The Bertz CT molecular complexity index is 1370. The molecule has 2 N–H and O–H groups in total. The van der Waals surface area contributed by atoms with Crippen molar-refractivity contribution in [2.24, 2.45) is 0 Å². The van der Waals surface area contributed by atoms with Gasteiger partial charge < -0.3 is 19.9 Å². The first-order valence-corrected chi connectivity index (χ1v) is 12.0. The highest BCUT2D eigenvalue weighted by Crippen LogP contribution is 2.24. The summed E-state index contributed by atoms with van der Waals surface area (Å²) in [6, 6.07) is 17.7. The molecule has 1 saturated heterocycles. The first-order chi connectivity index (χ1) is 17.7. The molecule has 5 rings (SSSR count). The summed E-state index contributed by atoms with van der Waals surface area (Å²) in [5, 5.41) is 12.8. The van der Waals surface area contributed by atoms with Crippen LogP contribution in [-0.4, -0.2) is 59.0 Å². The summed E-state index contributed by atoms with van der Waals surface area (Å²) in [5.74, 6) is 1.03. The average Bonchev–Trinajstić information content (AvgIpc) is 3.32. The van der Waals surface area contributed by atoms with Crippen LogP contribution in [0.25, 0.3) is 10.9 Å². The number of aromatic nitrogens is 3. The number of anilines is 2. The van der Waals surface area contributed by atoms with Crippen molar-refractivity contribution in [3.05, 3.63) is 72.1 Å². The topological polar surface area (TPSA) is 110 Å². The number of nitrogens with zero attached hydrogens (tertiary/aromatic N) is 5. The van der Waals surface area contributed by atoms with Gasteiger partial charge in [-0.15, -0.1) is 0 Å². The van der Waals surface area contributed by atoms with Crippen LogP contribution in [0, 0.1) is 11.3 Å². The number of carbonyl (C=O) groups excluding carboxylic acids is 1. The molecule has 2 aromatic heterocycles. The van der Waals surface area contributed by atoms with Crippen LogP contribution in [0.5, 0.6) is 11.8 Å². The molecule has 1 aliphatic rings. The van der Waals surface area contributed by atoms with Gasteiger partial charge >= 0.3 is 6.01 Å². The maximum atomic E-state index is 10.6. The van der Waals surface area contributed by atoms with E-state index in [0.29, 0.717) is 23.5 Å². The number of hydrogen-bond donors (Lipinski definition) is 2. The fourth-order valence-corrected chi connectivity index (χ4v) is 4.54. The minimum Gasteiger partial charge on any atom is -0.424 e. The zero-order valence-corrected chi connectivity index (χ0v) is 19.9. The van der Waals surface area contributed by atoms with Crippen LogP contribution in [0.2, 0.25) is 0 Å². The van der Waals surface area contributed by atoms with E-state index in [1.165, 1.54) is 11.8 Å². The quantitative estimate of drug-likeness (QED) is 0.348. The van der Waals surface area contributed by atoms with Gasteiger partial charge in [0.25, 0.3) is 0 Å². The number of rotatable bonds is 9. The number of carbonyl (C=O) groups is 1. The van der Waals surface area contributed by atoms with Crippen LogP contribution in [0.3, 0.4) is 0 Å². The number of hydrogen-bond acceptors (Lipinski definition) is 7. The van der Waals surface area contributed by atoms with Crippen molar-refractivity contribution in [1.82, 2.24) is 19.9 Å². The first kappa shape index (κ1) is 23.3. The van der Waals surface area contributed by atoms with Gasteiger partial charge in [0.15, 0.2) is 0 Å². The molecule has 0 saturated carbocycles. The fraction of sp³-hybridized carbons (Fsp3) is 0.259. The average molecular weight is 482 g/mol. The smallest absolute Gasteiger partial charge is 0.323 e. The number of amides is 1. The lowest BCUT2D eigenvalue weighted by Gasteiger charge is -2.36. The van der Waals surface area contributed by atoms with Crippen LogP contribution < -0.4 is 15.0 Å². The summed E-state index contributed by atoms with van der Waals surface area (Å²) in [6.45, 7) is 5.05. The van der Waals surface area contributed by atoms with Crippen molar-refractivity contribution in [2.75, 3.05) is 42.9 Å². The molecule has 4 aromatic rings. The van der Waals surface area contributed by atoms with Gasteiger partial charge in [-0.1, -0.05) is 0 Å². The van der Waals surface area contributed by atoms with E-state index in [1.54, 1.807) is 6.07 Å². The van der Waals surface area contributed by atoms with Gasteiger partial charge in [-0.25, -0.2) is 4.98 Å². The number of H-pyrrole nitrogens is 1. The Morgan fingerprint density at radius 1 is 1.11 bits per heavy atom. The van der Waals surface area contributed by atoms with Gasteiger partial charge in [-0.05, 0) is 73.5 Å². The maximum absolute atomic E-state index is 10.6. The number of fused-ring (bicyclic) bond motifs is 1. The van der Waals surface area contributed by atoms with Gasteiger partial charge in [0.05, 0.1) is 11.6 Å². The van der Waals surface area contributed by atoms with E-state index in [2.05, 4.69) is 42.3 Å². The Morgan fingerprint density at radius 3 is 2.72 bits per heavy atom. The van der Waals surface area contributed by atoms with Crippen molar-refractivity contribution < 1.29 is 9.53 Å². The van der Waals surface area contributed by atoms with E-state index >= 15 is 0 Å². The van der Waals surface area contributed by atoms with Crippen LogP contribution in [-0.2, 0) is 11.2 Å². The number of aromatic amines is 1. The Kier molecular flexibility index (Phi) is 7.05. The lowest BCUT2D eigenvalue weighted by molar-refractivity contribution is -0.105. The number of nitrogens with one attached hydrogen (secondary N) is 2. The summed E-state index contributed by atoms with van der Waals surface area (Å²) < 4.78 is 5.72. The molecular weight excluding hydrogens is 454 g/mol. The second-order valence-corrected chi connectivity index (χ2v) is 8.70. The van der Waals surface area contributed by atoms with Gasteiger partial charge in [0, 0.05) is 55.2 Å². The van der Waals surface area contributed by atoms with E-state index in [9.17, 15) is 10.1 Å². The standard InChI is InChI=1S/C27H27N7O2/c28-17-20-3-8-25-24(16-20)21(18-30-25)2-1-11-33-12-14-34(15-13-33)22-4-6-23(7-5-22)36-27-29-10-9-26(32-27)31-19-35/h3-10,16,18-19,30H,1-2,11-15H2,(H,29,31,32,35). The van der Waals surface area contributed by atoms with Crippen molar-refractivity contribution in [2.45, 2.75) is 12.8 Å². The third-order valence-electron chi connectivity index (χ3n) is 6.44. The van der Waals surface area contributed by atoms with E-state index in [4.69, 9.17) is 4.74 Å². The van der Waals surface area contributed by atoms with E-state index in [0.717, 1.165) is 62.2 Å². The summed E-state index contributed by atoms with van der Waals surface area (Å²) >= 11 is 0. The van der Waals surface area contributed by atoms with Crippen LogP contribution >= 0.6 is 0 Å². The second-order valence-electron chi connectivity index (χ2n) is 8.70. The van der Waals surface area contributed by atoms with Gasteiger partial charge in [0.2, 0.25) is 6.41 Å². The Balaban J connectivity index is 1.09. The largest absolute Gasteiger partial charge is 0.424 e. The van der Waals surface area contributed by atoms with Crippen molar-refractivity contribution in [3.8, 4) is 17.8 Å².